The summed E-state index contributed by atoms with van der Waals surface area (Å²) in [4.78, 5) is 23.4. The van der Waals surface area contributed by atoms with E-state index in [0.717, 1.165) is 41.2 Å². The number of fused-ring (bicyclic) bond motifs is 1. The van der Waals surface area contributed by atoms with Crippen molar-refractivity contribution in [2.75, 3.05) is 18.0 Å². The Morgan fingerprint density at radius 2 is 1.93 bits per heavy atom. The highest BCUT2D eigenvalue weighted by Gasteiger charge is 2.24. The molecule has 7 heteroatoms. The molecule has 6 nitrogen and oxygen atoms in total. The fourth-order valence-electron chi connectivity index (χ4n) is 4.31. The summed E-state index contributed by atoms with van der Waals surface area (Å²) in [7, 11) is 1.65. The molecule has 0 amide bonds. The molecule has 1 fully saturated rings. The molecule has 1 aromatic carbocycles. The number of pyridine rings is 1. The van der Waals surface area contributed by atoms with E-state index in [4.69, 9.17) is 16.6 Å². The number of halogens is 1. The van der Waals surface area contributed by atoms with Crippen LogP contribution in [0.4, 0.5) is 5.95 Å². The molecule has 29 heavy (non-hydrogen) atoms. The fourth-order valence-corrected chi connectivity index (χ4v) is 4.47. The number of aromatic hydroxyl groups is 1. The number of benzene rings is 1. The van der Waals surface area contributed by atoms with Crippen molar-refractivity contribution in [1.82, 2.24) is 14.5 Å². The van der Waals surface area contributed by atoms with E-state index in [9.17, 15) is 9.90 Å². The highest BCUT2D eigenvalue weighted by Crippen LogP contribution is 2.27. The van der Waals surface area contributed by atoms with Gasteiger partial charge in [0.15, 0.2) is 5.75 Å². The van der Waals surface area contributed by atoms with Crippen LogP contribution in [0, 0.1) is 11.8 Å². The third-order valence-electron chi connectivity index (χ3n) is 5.60. The molecule has 4 rings (SSSR count). The molecule has 0 unspecified atom stereocenters. The molecule has 0 aliphatic carbocycles. The second-order valence-electron chi connectivity index (χ2n) is 8.28. The van der Waals surface area contributed by atoms with E-state index >= 15 is 0 Å². The summed E-state index contributed by atoms with van der Waals surface area (Å²) in [5.41, 5.74) is 2.14. The minimum Gasteiger partial charge on any atom is -0.503 e. The number of nitrogens with zero attached hydrogens (tertiary/aromatic N) is 4. The number of piperidine rings is 1. The van der Waals surface area contributed by atoms with Gasteiger partial charge in [0.25, 0.3) is 5.56 Å². The van der Waals surface area contributed by atoms with Crippen molar-refractivity contribution in [3.63, 3.8) is 0 Å². The molecule has 0 bridgehead atoms. The standard InChI is InChI=1S/C22H25ClN4O2/c1-13-6-14(2)12-27(11-13)22-24-10-17(23)18(25-22)8-15-4-5-19-16(7-15)9-20(28)21(29)26(19)3/h4-5,7,9-10,13-14,28H,6,8,11-12H2,1-3H3/t13-,14+. The molecule has 0 spiro atoms. The number of anilines is 1. The Kier molecular flexibility index (Phi) is 5.21. The number of hydrogen-bond acceptors (Lipinski definition) is 5. The zero-order valence-corrected chi connectivity index (χ0v) is 17.6. The Bertz CT molecular complexity index is 1120. The lowest BCUT2D eigenvalue weighted by molar-refractivity contribution is 0.353. The zero-order chi connectivity index (χ0) is 20.7. The Morgan fingerprint density at radius 3 is 2.66 bits per heavy atom. The normalized spacial score (nSPS) is 19.7. The lowest BCUT2D eigenvalue weighted by Gasteiger charge is -2.35. The molecule has 2 aromatic heterocycles. The molecule has 2 atom stereocenters. The van der Waals surface area contributed by atoms with Crippen molar-refractivity contribution in [1.29, 1.82) is 0 Å². The van der Waals surface area contributed by atoms with Gasteiger partial charge in [-0.05, 0) is 42.0 Å². The van der Waals surface area contributed by atoms with Crippen molar-refractivity contribution in [3.05, 3.63) is 57.1 Å². The van der Waals surface area contributed by atoms with Crippen LogP contribution in [0.3, 0.4) is 0 Å². The highest BCUT2D eigenvalue weighted by molar-refractivity contribution is 6.31. The first-order valence-electron chi connectivity index (χ1n) is 9.90. The van der Waals surface area contributed by atoms with Gasteiger partial charge in [0.1, 0.15) is 0 Å². The van der Waals surface area contributed by atoms with Gasteiger partial charge in [-0.25, -0.2) is 9.97 Å². The molecule has 3 heterocycles. The molecule has 152 valence electrons. The monoisotopic (exact) mass is 412 g/mol. The van der Waals surface area contributed by atoms with E-state index < -0.39 is 5.56 Å². The summed E-state index contributed by atoms with van der Waals surface area (Å²) < 4.78 is 1.45. The summed E-state index contributed by atoms with van der Waals surface area (Å²) in [6, 6.07) is 7.31. The Labute approximate surface area is 174 Å². The van der Waals surface area contributed by atoms with Crippen molar-refractivity contribution < 1.29 is 5.11 Å². The number of hydrogen-bond donors (Lipinski definition) is 1. The molecule has 1 aliphatic heterocycles. The zero-order valence-electron chi connectivity index (χ0n) is 16.9. The van der Waals surface area contributed by atoms with Gasteiger partial charge in [-0.3, -0.25) is 4.79 Å². The van der Waals surface area contributed by atoms with E-state index in [1.807, 2.05) is 18.2 Å². The smallest absolute Gasteiger partial charge is 0.292 e. The third-order valence-corrected chi connectivity index (χ3v) is 5.91. The molecule has 1 N–H and O–H groups in total. The number of aryl methyl sites for hydroxylation is 1. The predicted molar refractivity (Wildman–Crippen MR) is 116 cm³/mol. The van der Waals surface area contributed by atoms with Gasteiger partial charge in [0, 0.05) is 31.9 Å². The first-order chi connectivity index (χ1) is 13.8. The maximum Gasteiger partial charge on any atom is 0.292 e. The van der Waals surface area contributed by atoms with Crippen LogP contribution in [-0.4, -0.2) is 32.7 Å². The molecule has 1 aliphatic rings. The Hall–Kier alpha value is -2.60. The minimum absolute atomic E-state index is 0.257. The summed E-state index contributed by atoms with van der Waals surface area (Å²) in [6.07, 6.45) is 3.45. The van der Waals surface area contributed by atoms with Gasteiger partial charge >= 0.3 is 0 Å². The van der Waals surface area contributed by atoms with Gasteiger partial charge in [-0.2, -0.15) is 0 Å². The summed E-state index contributed by atoms with van der Waals surface area (Å²) in [6.45, 7) is 6.43. The van der Waals surface area contributed by atoms with E-state index in [0.29, 0.717) is 23.3 Å². The summed E-state index contributed by atoms with van der Waals surface area (Å²) in [5.74, 6) is 1.69. The number of aromatic nitrogens is 3. The largest absolute Gasteiger partial charge is 0.503 e. The van der Waals surface area contributed by atoms with Gasteiger partial charge in [-0.15, -0.1) is 0 Å². The van der Waals surface area contributed by atoms with E-state index in [1.165, 1.54) is 17.1 Å². The molecular weight excluding hydrogens is 388 g/mol. The average molecular weight is 413 g/mol. The lowest BCUT2D eigenvalue weighted by atomic mass is 9.92. The fraction of sp³-hybridized carbons (Fsp3) is 0.409. The molecule has 0 radical (unpaired) electrons. The average Bonchev–Trinajstić information content (AvgIpc) is 2.67. The molecule has 3 aromatic rings. The topological polar surface area (TPSA) is 71.2 Å². The number of rotatable bonds is 3. The molecule has 1 saturated heterocycles. The summed E-state index contributed by atoms with van der Waals surface area (Å²) >= 11 is 6.40. The van der Waals surface area contributed by atoms with Gasteiger partial charge in [0.2, 0.25) is 5.95 Å². The van der Waals surface area contributed by atoms with E-state index in [-0.39, 0.29) is 5.75 Å². The third kappa shape index (κ3) is 3.94. The van der Waals surface area contributed by atoms with Crippen molar-refractivity contribution in [3.8, 4) is 5.75 Å². The maximum absolute atomic E-state index is 11.9. The van der Waals surface area contributed by atoms with Crippen molar-refractivity contribution >= 4 is 28.5 Å². The minimum atomic E-state index is -0.404. The first-order valence-corrected chi connectivity index (χ1v) is 10.3. The lowest BCUT2D eigenvalue weighted by Crippen LogP contribution is -2.39. The second-order valence-corrected chi connectivity index (χ2v) is 8.69. The maximum atomic E-state index is 11.9. The van der Waals surface area contributed by atoms with Gasteiger partial charge in [-0.1, -0.05) is 31.5 Å². The molecular formula is C22H25ClN4O2. The summed E-state index contributed by atoms with van der Waals surface area (Å²) in [5, 5.41) is 11.2. The van der Waals surface area contributed by atoms with Crippen LogP contribution in [0.15, 0.2) is 35.3 Å². The predicted octanol–water partition coefficient (Wildman–Crippen LogP) is 3.76. The Morgan fingerprint density at radius 1 is 1.21 bits per heavy atom. The van der Waals surface area contributed by atoms with Crippen molar-refractivity contribution in [2.24, 2.45) is 18.9 Å². The highest BCUT2D eigenvalue weighted by atomic mass is 35.5. The van der Waals surface area contributed by atoms with Crippen LogP contribution in [0.2, 0.25) is 5.02 Å². The van der Waals surface area contributed by atoms with Crippen LogP contribution in [0.25, 0.3) is 10.9 Å². The van der Waals surface area contributed by atoms with Gasteiger partial charge < -0.3 is 14.6 Å². The quantitative estimate of drug-likeness (QED) is 0.709. The molecule has 0 saturated carbocycles. The first kappa shape index (κ1) is 19.7. The van der Waals surface area contributed by atoms with Gasteiger partial charge in [0.05, 0.1) is 22.4 Å². The Balaban J connectivity index is 1.65. The second kappa shape index (κ2) is 7.67. The van der Waals surface area contributed by atoms with Crippen LogP contribution < -0.4 is 10.5 Å². The van der Waals surface area contributed by atoms with Crippen LogP contribution in [0.5, 0.6) is 5.75 Å². The van der Waals surface area contributed by atoms with Crippen LogP contribution in [-0.2, 0) is 13.5 Å². The van der Waals surface area contributed by atoms with Crippen LogP contribution >= 0.6 is 11.6 Å². The van der Waals surface area contributed by atoms with Crippen molar-refractivity contribution in [2.45, 2.75) is 26.7 Å². The van der Waals surface area contributed by atoms with E-state index in [1.54, 1.807) is 13.2 Å². The van der Waals surface area contributed by atoms with E-state index in [2.05, 4.69) is 23.7 Å². The van der Waals surface area contributed by atoms with Crippen LogP contribution in [0.1, 0.15) is 31.5 Å². The SMILES string of the molecule is C[C@@H]1C[C@H](C)CN(c2ncc(Cl)c(Cc3ccc4c(c3)cc(O)c(=O)n4C)n2)C1.